The van der Waals surface area contributed by atoms with Crippen LogP contribution in [-0.2, 0) is 19.3 Å². The van der Waals surface area contributed by atoms with Crippen LogP contribution in [0.2, 0.25) is 0 Å². The van der Waals surface area contributed by atoms with Crippen LogP contribution in [0.3, 0.4) is 0 Å². The molecule has 0 fully saturated rings. The highest BCUT2D eigenvalue weighted by Crippen LogP contribution is 2.22. The van der Waals surface area contributed by atoms with E-state index in [4.69, 9.17) is 0 Å². The van der Waals surface area contributed by atoms with Crippen molar-refractivity contribution in [1.82, 2.24) is 4.90 Å². The largest absolute Gasteiger partial charge is 0.508 e. The summed E-state index contributed by atoms with van der Waals surface area (Å²) in [7, 11) is 0. The zero-order valence-corrected chi connectivity index (χ0v) is 12.6. The average Bonchev–Trinajstić information content (AvgIpc) is 2.70. The first-order valence-electron chi connectivity index (χ1n) is 7.81. The number of rotatable bonds is 3. The molecule has 0 saturated carbocycles. The van der Waals surface area contributed by atoms with E-state index in [1.165, 1.54) is 16.7 Å². The smallest absolute Gasteiger partial charge is 0.115 e. The molecule has 0 aromatic heterocycles. The van der Waals surface area contributed by atoms with Gasteiger partial charge >= 0.3 is 0 Å². The lowest BCUT2D eigenvalue weighted by Crippen LogP contribution is -2.36. The van der Waals surface area contributed by atoms with E-state index in [0.29, 0.717) is 11.8 Å². The summed E-state index contributed by atoms with van der Waals surface area (Å²) in [6, 6.07) is 17.1. The van der Waals surface area contributed by atoms with Crippen LogP contribution >= 0.6 is 0 Å². The Bertz CT molecular complexity index is 594. The first-order valence-corrected chi connectivity index (χ1v) is 7.81. The number of aromatic hydroxyl groups is 1. The molecule has 0 spiro atoms. The molecule has 2 aromatic rings. The molecule has 1 N–H and O–H groups in total. The van der Waals surface area contributed by atoms with Crippen molar-refractivity contribution in [2.24, 2.45) is 0 Å². The maximum atomic E-state index is 9.64. The van der Waals surface area contributed by atoms with Crippen molar-refractivity contribution >= 4 is 0 Å². The third-order valence-corrected chi connectivity index (χ3v) is 4.52. The summed E-state index contributed by atoms with van der Waals surface area (Å²) in [6.45, 7) is 4.50. The lowest BCUT2D eigenvalue weighted by Gasteiger charge is -2.27. The molecule has 1 unspecified atom stereocenters. The second-order valence-electron chi connectivity index (χ2n) is 6.03. The molecule has 0 bridgehead atoms. The lowest BCUT2D eigenvalue weighted by atomic mass is 10.0. The minimum absolute atomic E-state index is 0.388. The molecule has 0 amide bonds. The van der Waals surface area contributed by atoms with E-state index in [2.05, 4.69) is 48.2 Å². The predicted octanol–water partition coefficient (Wildman–Crippen LogP) is 3.42. The van der Waals surface area contributed by atoms with E-state index in [-0.39, 0.29) is 0 Å². The van der Waals surface area contributed by atoms with Crippen LogP contribution in [0, 0.1) is 0 Å². The third kappa shape index (κ3) is 3.45. The molecule has 1 aliphatic heterocycles. The topological polar surface area (TPSA) is 23.5 Å². The van der Waals surface area contributed by atoms with Gasteiger partial charge in [-0.25, -0.2) is 0 Å². The zero-order valence-electron chi connectivity index (χ0n) is 12.6. The fourth-order valence-corrected chi connectivity index (χ4v) is 3.25. The Balaban J connectivity index is 1.66. The van der Waals surface area contributed by atoms with Gasteiger partial charge in [-0.3, -0.25) is 4.90 Å². The number of hydrogen-bond donors (Lipinski definition) is 1. The molecule has 0 saturated heterocycles. The van der Waals surface area contributed by atoms with Gasteiger partial charge < -0.3 is 5.11 Å². The SMILES string of the molecule is CC(Cc1ccccc1)N1CCc2ccc(O)cc2CC1. The molecule has 3 rings (SSSR count). The van der Waals surface area contributed by atoms with Crippen molar-refractivity contribution in [3.8, 4) is 5.75 Å². The van der Waals surface area contributed by atoms with Gasteiger partial charge in [0.25, 0.3) is 0 Å². The van der Waals surface area contributed by atoms with Gasteiger partial charge in [0.15, 0.2) is 0 Å². The molecule has 1 atom stereocenters. The molecular weight excluding hydrogens is 258 g/mol. The second kappa shape index (κ2) is 6.31. The van der Waals surface area contributed by atoms with Gasteiger partial charge in [0.1, 0.15) is 5.75 Å². The highest BCUT2D eigenvalue weighted by Gasteiger charge is 2.18. The number of hydrogen-bond acceptors (Lipinski definition) is 2. The molecule has 110 valence electrons. The van der Waals surface area contributed by atoms with Gasteiger partial charge in [0.05, 0.1) is 0 Å². The Hall–Kier alpha value is -1.80. The minimum atomic E-state index is 0.388. The standard InChI is InChI=1S/C19H23NO/c1-15(13-16-5-3-2-4-6-16)20-11-9-17-7-8-19(21)14-18(17)10-12-20/h2-8,14-15,21H,9-13H2,1H3. The molecule has 0 radical (unpaired) electrons. The van der Waals surface area contributed by atoms with E-state index < -0.39 is 0 Å². The Morgan fingerprint density at radius 2 is 1.71 bits per heavy atom. The van der Waals surface area contributed by atoms with Crippen molar-refractivity contribution in [1.29, 1.82) is 0 Å². The van der Waals surface area contributed by atoms with Crippen molar-refractivity contribution in [2.45, 2.75) is 32.2 Å². The quantitative estimate of drug-likeness (QED) is 0.932. The van der Waals surface area contributed by atoms with Crippen LogP contribution in [0.1, 0.15) is 23.6 Å². The summed E-state index contributed by atoms with van der Waals surface area (Å²) in [4.78, 5) is 2.57. The summed E-state index contributed by atoms with van der Waals surface area (Å²) >= 11 is 0. The van der Waals surface area contributed by atoms with Crippen LogP contribution in [0.5, 0.6) is 5.75 Å². The Labute approximate surface area is 127 Å². The number of benzene rings is 2. The Kier molecular flexibility index (Phi) is 4.26. The van der Waals surface area contributed by atoms with Gasteiger partial charge in [-0.15, -0.1) is 0 Å². The number of nitrogens with zero attached hydrogens (tertiary/aromatic N) is 1. The van der Waals surface area contributed by atoms with Crippen LogP contribution in [0.4, 0.5) is 0 Å². The summed E-state index contributed by atoms with van der Waals surface area (Å²) in [5.74, 6) is 0.388. The van der Waals surface area contributed by atoms with E-state index in [1.54, 1.807) is 0 Å². The summed E-state index contributed by atoms with van der Waals surface area (Å²) in [5, 5.41) is 9.64. The van der Waals surface area contributed by atoms with Crippen LogP contribution in [0.15, 0.2) is 48.5 Å². The molecule has 2 nitrogen and oxygen atoms in total. The molecule has 2 aromatic carbocycles. The first-order chi connectivity index (χ1) is 10.2. The third-order valence-electron chi connectivity index (χ3n) is 4.52. The Morgan fingerprint density at radius 1 is 1.00 bits per heavy atom. The fraction of sp³-hybridized carbons (Fsp3) is 0.368. The molecule has 21 heavy (non-hydrogen) atoms. The number of phenols is 1. The predicted molar refractivity (Wildman–Crippen MR) is 86.7 cm³/mol. The average molecular weight is 281 g/mol. The van der Waals surface area contributed by atoms with Gasteiger partial charge in [0, 0.05) is 19.1 Å². The number of fused-ring (bicyclic) bond motifs is 1. The van der Waals surface area contributed by atoms with Gasteiger partial charge in [-0.1, -0.05) is 36.4 Å². The lowest BCUT2D eigenvalue weighted by molar-refractivity contribution is 0.217. The highest BCUT2D eigenvalue weighted by atomic mass is 16.3. The monoisotopic (exact) mass is 281 g/mol. The number of phenolic OH excluding ortho intramolecular Hbond substituents is 1. The van der Waals surface area contributed by atoms with E-state index >= 15 is 0 Å². The van der Waals surface area contributed by atoms with E-state index in [0.717, 1.165) is 32.4 Å². The molecular formula is C19H23NO. The summed E-state index contributed by atoms with van der Waals surface area (Å²) < 4.78 is 0. The van der Waals surface area contributed by atoms with Crippen LogP contribution < -0.4 is 0 Å². The summed E-state index contributed by atoms with van der Waals surface area (Å²) in [6.07, 6.45) is 3.21. The molecule has 1 heterocycles. The second-order valence-corrected chi connectivity index (χ2v) is 6.03. The van der Waals surface area contributed by atoms with Gasteiger partial charge in [0.2, 0.25) is 0 Å². The van der Waals surface area contributed by atoms with E-state index in [9.17, 15) is 5.11 Å². The first kappa shape index (κ1) is 14.2. The highest BCUT2D eigenvalue weighted by molar-refractivity contribution is 5.36. The maximum Gasteiger partial charge on any atom is 0.115 e. The van der Waals surface area contributed by atoms with Crippen LogP contribution in [0.25, 0.3) is 0 Å². The minimum Gasteiger partial charge on any atom is -0.508 e. The van der Waals surface area contributed by atoms with Crippen molar-refractivity contribution in [3.63, 3.8) is 0 Å². The molecule has 2 heteroatoms. The van der Waals surface area contributed by atoms with Crippen molar-refractivity contribution in [3.05, 3.63) is 65.2 Å². The molecule has 1 aliphatic rings. The van der Waals surface area contributed by atoms with Crippen molar-refractivity contribution < 1.29 is 5.11 Å². The normalized spacial score (nSPS) is 17.0. The molecule has 0 aliphatic carbocycles. The fourth-order valence-electron chi connectivity index (χ4n) is 3.25. The zero-order chi connectivity index (χ0) is 14.7. The summed E-state index contributed by atoms with van der Waals surface area (Å²) in [5.41, 5.74) is 4.11. The van der Waals surface area contributed by atoms with E-state index in [1.807, 2.05) is 12.1 Å². The Morgan fingerprint density at radius 3 is 2.48 bits per heavy atom. The maximum absolute atomic E-state index is 9.64. The van der Waals surface area contributed by atoms with Gasteiger partial charge in [-0.2, -0.15) is 0 Å². The van der Waals surface area contributed by atoms with Gasteiger partial charge in [-0.05, 0) is 55.0 Å². The van der Waals surface area contributed by atoms with Crippen molar-refractivity contribution in [2.75, 3.05) is 13.1 Å². The van der Waals surface area contributed by atoms with Crippen LogP contribution in [-0.4, -0.2) is 29.1 Å².